The maximum Gasteiger partial charge on any atom is 0.245 e. The zero-order valence-electron chi connectivity index (χ0n) is 17.5. The highest BCUT2D eigenvalue weighted by Gasteiger charge is 2.25. The minimum Gasteiger partial charge on any atom is -0.339 e. The Labute approximate surface area is 170 Å². The highest BCUT2D eigenvalue weighted by atomic mass is 16.5. The van der Waals surface area contributed by atoms with Crippen molar-refractivity contribution in [2.45, 2.75) is 90.0 Å². The summed E-state index contributed by atoms with van der Waals surface area (Å²) in [6.45, 7) is 5.90. The molecule has 1 atom stereocenters. The van der Waals surface area contributed by atoms with E-state index in [9.17, 15) is 4.79 Å². The zero-order valence-corrected chi connectivity index (χ0v) is 17.5. The van der Waals surface area contributed by atoms with Gasteiger partial charge >= 0.3 is 0 Å². The molecule has 0 saturated heterocycles. The lowest BCUT2D eigenvalue weighted by atomic mass is 9.84. The van der Waals surface area contributed by atoms with Gasteiger partial charge in [-0.1, -0.05) is 50.1 Å². The molecular formula is C19H31N7O3. The summed E-state index contributed by atoms with van der Waals surface area (Å²) in [5.41, 5.74) is 1.39. The summed E-state index contributed by atoms with van der Waals surface area (Å²) in [6.07, 6.45) is 9.51. The van der Waals surface area contributed by atoms with Crippen LogP contribution in [0.3, 0.4) is 0 Å². The number of aromatic nitrogens is 6. The molecule has 10 nitrogen and oxygen atoms in total. The first-order valence-corrected chi connectivity index (χ1v) is 10.4. The normalized spacial score (nSPS) is 16.7. The van der Waals surface area contributed by atoms with Gasteiger partial charge in [0.05, 0.1) is 5.54 Å². The smallest absolute Gasteiger partial charge is 0.245 e. The molecule has 1 fully saturated rings. The van der Waals surface area contributed by atoms with E-state index in [-0.39, 0.29) is 29.5 Å². The fourth-order valence-corrected chi connectivity index (χ4v) is 3.79. The Kier molecular flexibility index (Phi) is 6.94. The van der Waals surface area contributed by atoms with Crippen LogP contribution in [0.2, 0.25) is 0 Å². The monoisotopic (exact) mass is 405 g/mol. The molecule has 0 aromatic carbocycles. The second-order valence-corrected chi connectivity index (χ2v) is 8.90. The van der Waals surface area contributed by atoms with E-state index in [0.29, 0.717) is 5.89 Å². The average Bonchev–Trinajstić information content (AvgIpc) is 3.37. The summed E-state index contributed by atoms with van der Waals surface area (Å²) in [4.78, 5) is 17.7. The molecule has 10 heteroatoms. The van der Waals surface area contributed by atoms with E-state index >= 15 is 0 Å². The van der Waals surface area contributed by atoms with E-state index in [1.54, 1.807) is 5.48 Å². The van der Waals surface area contributed by atoms with Gasteiger partial charge in [-0.05, 0) is 38.3 Å². The van der Waals surface area contributed by atoms with Gasteiger partial charge < -0.3 is 4.52 Å². The van der Waals surface area contributed by atoms with Crippen molar-refractivity contribution in [2.24, 2.45) is 5.92 Å². The van der Waals surface area contributed by atoms with E-state index < -0.39 is 5.91 Å². The van der Waals surface area contributed by atoms with Crippen LogP contribution in [0.4, 0.5) is 0 Å². The number of carbonyl (C=O) groups is 1. The van der Waals surface area contributed by atoms with Gasteiger partial charge in [-0.15, -0.1) is 10.2 Å². The summed E-state index contributed by atoms with van der Waals surface area (Å²) >= 11 is 0. The van der Waals surface area contributed by atoms with Crippen LogP contribution in [0.5, 0.6) is 0 Å². The Bertz CT molecular complexity index is 790. The first-order chi connectivity index (χ1) is 13.9. The molecule has 2 heterocycles. The molecule has 1 amide bonds. The molecule has 1 aliphatic rings. The molecule has 0 spiro atoms. The molecule has 1 unspecified atom stereocenters. The van der Waals surface area contributed by atoms with E-state index in [4.69, 9.17) is 9.73 Å². The third-order valence-electron chi connectivity index (χ3n) is 5.45. The number of amides is 1. The minimum absolute atomic E-state index is 0.0882. The molecule has 1 aliphatic carbocycles. The van der Waals surface area contributed by atoms with Crippen molar-refractivity contribution in [3.63, 3.8) is 0 Å². The molecule has 0 bridgehead atoms. The van der Waals surface area contributed by atoms with E-state index in [0.717, 1.165) is 25.2 Å². The van der Waals surface area contributed by atoms with Crippen molar-refractivity contribution in [2.75, 3.05) is 0 Å². The number of tetrazole rings is 1. The molecule has 160 valence electrons. The molecule has 2 aromatic heterocycles. The SMILES string of the molecule is CC(C)(C)n1nnc(-c2noc(C(CCCC3CCCCC3)CC(=O)NO)n2)n1. The molecule has 2 aromatic rings. The second kappa shape index (κ2) is 9.43. The maximum absolute atomic E-state index is 11.8. The maximum atomic E-state index is 11.8. The molecule has 3 rings (SSSR count). The summed E-state index contributed by atoms with van der Waals surface area (Å²) < 4.78 is 5.42. The van der Waals surface area contributed by atoms with Gasteiger partial charge in [-0.2, -0.15) is 9.78 Å². The summed E-state index contributed by atoms with van der Waals surface area (Å²) in [6, 6.07) is 0. The fourth-order valence-electron chi connectivity index (χ4n) is 3.79. The van der Waals surface area contributed by atoms with Crippen LogP contribution >= 0.6 is 0 Å². The molecule has 2 N–H and O–H groups in total. The van der Waals surface area contributed by atoms with Crippen LogP contribution in [0.1, 0.15) is 90.4 Å². The molecule has 1 saturated carbocycles. The average molecular weight is 406 g/mol. The third kappa shape index (κ3) is 5.81. The number of carbonyl (C=O) groups excluding carboxylic acids is 1. The van der Waals surface area contributed by atoms with E-state index in [1.807, 2.05) is 20.8 Å². The van der Waals surface area contributed by atoms with Gasteiger partial charge in [0.25, 0.3) is 0 Å². The number of hydrogen-bond donors (Lipinski definition) is 2. The highest BCUT2D eigenvalue weighted by molar-refractivity contribution is 5.75. The first kappa shape index (κ1) is 21.4. The van der Waals surface area contributed by atoms with Crippen LogP contribution in [-0.4, -0.2) is 41.5 Å². The molecule has 0 aliphatic heterocycles. The summed E-state index contributed by atoms with van der Waals surface area (Å²) in [5.74, 6) is 0.929. The Hall–Kier alpha value is -2.36. The largest absolute Gasteiger partial charge is 0.339 e. The van der Waals surface area contributed by atoms with E-state index in [2.05, 4.69) is 25.6 Å². The first-order valence-electron chi connectivity index (χ1n) is 10.4. The fraction of sp³-hybridized carbons (Fsp3) is 0.789. The highest BCUT2D eigenvalue weighted by Crippen LogP contribution is 2.31. The minimum atomic E-state index is -0.468. The predicted molar refractivity (Wildman–Crippen MR) is 104 cm³/mol. The van der Waals surface area contributed by atoms with Crippen molar-refractivity contribution < 1.29 is 14.5 Å². The van der Waals surface area contributed by atoms with Gasteiger partial charge in [-0.3, -0.25) is 10.0 Å². The topological polar surface area (TPSA) is 132 Å². The van der Waals surface area contributed by atoms with Gasteiger partial charge in [0.2, 0.25) is 23.4 Å². The third-order valence-corrected chi connectivity index (χ3v) is 5.45. The second-order valence-electron chi connectivity index (χ2n) is 8.90. The van der Waals surface area contributed by atoms with Crippen molar-refractivity contribution >= 4 is 5.91 Å². The van der Waals surface area contributed by atoms with Crippen molar-refractivity contribution in [1.29, 1.82) is 0 Å². The number of hydroxylamine groups is 1. The quantitative estimate of drug-likeness (QED) is 0.505. The number of nitrogens with zero attached hydrogens (tertiary/aromatic N) is 6. The standard InChI is InChI=1S/C19H31N7O3/c1-19(2,3)26-22-17(21-25-26)16-20-18(29-24-16)14(12-15(27)23-28)11-7-10-13-8-5-4-6-9-13/h13-14,28H,4-12H2,1-3H3,(H,23,27). The van der Waals surface area contributed by atoms with Crippen LogP contribution in [0.15, 0.2) is 4.52 Å². The van der Waals surface area contributed by atoms with Gasteiger partial charge in [0.15, 0.2) is 0 Å². The lowest BCUT2D eigenvalue weighted by Crippen LogP contribution is -2.24. The van der Waals surface area contributed by atoms with Crippen LogP contribution in [-0.2, 0) is 10.3 Å². The van der Waals surface area contributed by atoms with Crippen LogP contribution < -0.4 is 5.48 Å². The molecule has 0 radical (unpaired) electrons. The lowest BCUT2D eigenvalue weighted by Gasteiger charge is -2.22. The van der Waals surface area contributed by atoms with Crippen molar-refractivity contribution in [3.8, 4) is 11.6 Å². The Balaban J connectivity index is 1.67. The summed E-state index contributed by atoms with van der Waals surface area (Å²) in [7, 11) is 0. The van der Waals surface area contributed by atoms with Crippen molar-refractivity contribution in [3.05, 3.63) is 5.89 Å². The van der Waals surface area contributed by atoms with Crippen LogP contribution in [0.25, 0.3) is 11.6 Å². The van der Waals surface area contributed by atoms with E-state index in [1.165, 1.54) is 36.9 Å². The Morgan fingerprint density at radius 1 is 1.28 bits per heavy atom. The van der Waals surface area contributed by atoms with Crippen LogP contribution in [0, 0.1) is 5.92 Å². The lowest BCUT2D eigenvalue weighted by molar-refractivity contribution is -0.129. The molecule has 29 heavy (non-hydrogen) atoms. The zero-order chi connectivity index (χ0) is 20.9. The number of hydrogen-bond acceptors (Lipinski definition) is 8. The Morgan fingerprint density at radius 2 is 2.03 bits per heavy atom. The number of nitrogens with one attached hydrogen (secondary N) is 1. The summed E-state index contributed by atoms with van der Waals surface area (Å²) in [5, 5.41) is 25.3. The van der Waals surface area contributed by atoms with Crippen molar-refractivity contribution in [1.82, 2.24) is 35.8 Å². The predicted octanol–water partition coefficient (Wildman–Crippen LogP) is 3.21. The van der Waals surface area contributed by atoms with Gasteiger partial charge in [0.1, 0.15) is 0 Å². The van der Waals surface area contributed by atoms with Gasteiger partial charge in [0, 0.05) is 12.3 Å². The number of rotatable bonds is 8. The van der Waals surface area contributed by atoms with Gasteiger partial charge in [-0.25, -0.2) is 5.48 Å². The Morgan fingerprint density at radius 3 is 2.69 bits per heavy atom. The molecular weight excluding hydrogens is 374 g/mol.